The van der Waals surface area contributed by atoms with E-state index >= 15 is 0 Å². The molecule has 0 radical (unpaired) electrons. The molecule has 1 saturated carbocycles. The molecule has 0 bridgehead atoms. The highest BCUT2D eigenvalue weighted by molar-refractivity contribution is 5.80. The van der Waals surface area contributed by atoms with Gasteiger partial charge in [-0.15, -0.1) is 0 Å². The van der Waals surface area contributed by atoms with Gasteiger partial charge in [-0.1, -0.05) is 49.6 Å². The summed E-state index contributed by atoms with van der Waals surface area (Å²) in [6, 6.07) is 10.1. The Hall–Kier alpha value is -1.64. The van der Waals surface area contributed by atoms with Gasteiger partial charge in [0.2, 0.25) is 0 Å². The summed E-state index contributed by atoms with van der Waals surface area (Å²) in [7, 11) is 0. The normalized spacial score (nSPS) is 17.8. The van der Waals surface area contributed by atoms with Gasteiger partial charge < -0.3 is 4.74 Å². The maximum absolute atomic E-state index is 11.8. The molecule has 0 N–H and O–H groups in total. The predicted octanol–water partition coefficient (Wildman–Crippen LogP) is 4.01. The van der Waals surface area contributed by atoms with Gasteiger partial charge in [0.05, 0.1) is 19.1 Å². The van der Waals surface area contributed by atoms with Crippen LogP contribution >= 0.6 is 0 Å². The van der Waals surface area contributed by atoms with Crippen LogP contribution in [0.15, 0.2) is 35.3 Å². The molecule has 3 heteroatoms. The molecule has 1 aliphatic carbocycles. The number of benzene rings is 1. The molecule has 0 heterocycles. The molecule has 1 aliphatic rings. The fourth-order valence-electron chi connectivity index (χ4n) is 2.97. The molecule has 1 fully saturated rings. The number of esters is 1. The number of ether oxygens (including phenoxy) is 1. The van der Waals surface area contributed by atoms with Gasteiger partial charge in [0, 0.05) is 6.21 Å². The van der Waals surface area contributed by atoms with Crippen molar-refractivity contribution in [1.82, 2.24) is 0 Å². The summed E-state index contributed by atoms with van der Waals surface area (Å²) < 4.78 is 5.10. The molecule has 0 aromatic heterocycles. The number of carbonyl (C=O) groups is 1. The lowest BCUT2D eigenvalue weighted by Crippen LogP contribution is -2.25. The van der Waals surface area contributed by atoms with Crippen molar-refractivity contribution in [2.75, 3.05) is 6.61 Å². The Balaban J connectivity index is 2.03. The molecule has 1 aromatic rings. The van der Waals surface area contributed by atoms with Gasteiger partial charge in [0.15, 0.2) is 0 Å². The maximum atomic E-state index is 11.8. The quantitative estimate of drug-likeness (QED) is 0.586. The minimum atomic E-state index is -0.127. The maximum Gasteiger partial charge on any atom is 0.307 e. The van der Waals surface area contributed by atoms with Gasteiger partial charge in [-0.3, -0.25) is 9.79 Å². The Bertz CT molecular complexity index is 450. The third-order valence-corrected chi connectivity index (χ3v) is 4.09. The van der Waals surface area contributed by atoms with Crippen LogP contribution in [0.3, 0.4) is 0 Å². The summed E-state index contributed by atoms with van der Waals surface area (Å²) in [6.45, 7) is 2.29. The fraction of sp³-hybridized carbons (Fsp3) is 0.556. The molecule has 0 spiro atoms. The van der Waals surface area contributed by atoms with Gasteiger partial charge >= 0.3 is 5.97 Å². The van der Waals surface area contributed by atoms with E-state index in [2.05, 4.69) is 0 Å². The summed E-state index contributed by atoms with van der Waals surface area (Å²) >= 11 is 0. The third kappa shape index (κ3) is 5.33. The van der Waals surface area contributed by atoms with E-state index in [1.807, 2.05) is 43.5 Å². The molecule has 3 nitrogen and oxygen atoms in total. The van der Waals surface area contributed by atoms with Gasteiger partial charge in [0.25, 0.3) is 0 Å². The lowest BCUT2D eigenvalue weighted by Gasteiger charge is -2.27. The Labute approximate surface area is 127 Å². The number of aliphatic imine (C=N–C) groups is 1. The van der Waals surface area contributed by atoms with Crippen LogP contribution in [-0.4, -0.2) is 24.8 Å². The minimum absolute atomic E-state index is 0.0598. The van der Waals surface area contributed by atoms with E-state index in [4.69, 9.17) is 9.73 Å². The second kappa shape index (κ2) is 8.60. The van der Waals surface area contributed by atoms with E-state index in [1.165, 1.54) is 32.1 Å². The molecular formula is C18H25NO2. The molecule has 0 amide bonds. The van der Waals surface area contributed by atoms with Crippen molar-refractivity contribution in [2.24, 2.45) is 10.9 Å². The summed E-state index contributed by atoms with van der Waals surface area (Å²) in [4.78, 5) is 16.5. The molecule has 21 heavy (non-hydrogen) atoms. The van der Waals surface area contributed by atoms with Crippen LogP contribution in [0.4, 0.5) is 0 Å². The molecule has 0 saturated heterocycles. The minimum Gasteiger partial charge on any atom is -0.466 e. The highest BCUT2D eigenvalue weighted by Crippen LogP contribution is 2.29. The molecule has 1 atom stereocenters. The first-order chi connectivity index (χ1) is 10.3. The molecule has 0 unspecified atom stereocenters. The van der Waals surface area contributed by atoms with Gasteiger partial charge in [-0.25, -0.2) is 0 Å². The predicted molar refractivity (Wildman–Crippen MR) is 85.6 cm³/mol. The molecule has 2 rings (SSSR count). The molecule has 114 valence electrons. The Morgan fingerprint density at radius 2 is 2.00 bits per heavy atom. The fourth-order valence-corrected chi connectivity index (χ4v) is 2.97. The van der Waals surface area contributed by atoms with Gasteiger partial charge in [-0.2, -0.15) is 0 Å². The van der Waals surface area contributed by atoms with Crippen molar-refractivity contribution < 1.29 is 9.53 Å². The molecule has 1 aromatic carbocycles. The Kier molecular flexibility index (Phi) is 6.45. The second-order valence-electron chi connectivity index (χ2n) is 5.66. The number of hydrogen-bond donors (Lipinski definition) is 0. The highest BCUT2D eigenvalue weighted by Gasteiger charge is 2.25. The zero-order chi connectivity index (χ0) is 14.9. The number of carbonyl (C=O) groups excluding carboxylic acids is 1. The SMILES string of the molecule is CCOC(=O)C[C@@H](N=Cc1ccccc1)C1CCCCC1. The monoisotopic (exact) mass is 287 g/mol. The van der Waals surface area contributed by atoms with E-state index in [0.717, 1.165) is 5.56 Å². The second-order valence-corrected chi connectivity index (χ2v) is 5.66. The Morgan fingerprint density at radius 3 is 2.67 bits per heavy atom. The van der Waals surface area contributed by atoms with Crippen molar-refractivity contribution in [1.29, 1.82) is 0 Å². The largest absolute Gasteiger partial charge is 0.466 e. The lowest BCUT2D eigenvalue weighted by atomic mass is 9.83. The third-order valence-electron chi connectivity index (χ3n) is 4.09. The summed E-state index contributed by atoms with van der Waals surface area (Å²) in [5, 5.41) is 0. The highest BCUT2D eigenvalue weighted by atomic mass is 16.5. The van der Waals surface area contributed by atoms with Gasteiger partial charge in [-0.05, 0) is 31.2 Å². The van der Waals surface area contributed by atoms with Crippen LogP contribution in [-0.2, 0) is 9.53 Å². The van der Waals surface area contributed by atoms with E-state index in [-0.39, 0.29) is 12.0 Å². The first-order valence-corrected chi connectivity index (χ1v) is 8.03. The van der Waals surface area contributed by atoms with Crippen LogP contribution in [0, 0.1) is 5.92 Å². The summed E-state index contributed by atoms with van der Waals surface area (Å²) in [5.41, 5.74) is 1.09. The Morgan fingerprint density at radius 1 is 1.29 bits per heavy atom. The van der Waals surface area contributed by atoms with Crippen molar-refractivity contribution in [3.8, 4) is 0 Å². The van der Waals surface area contributed by atoms with Crippen molar-refractivity contribution in [2.45, 2.75) is 51.5 Å². The first kappa shape index (κ1) is 15.7. The molecule has 0 aliphatic heterocycles. The average Bonchev–Trinajstić information content (AvgIpc) is 2.53. The first-order valence-electron chi connectivity index (χ1n) is 8.03. The van der Waals surface area contributed by atoms with E-state index in [0.29, 0.717) is 18.9 Å². The van der Waals surface area contributed by atoms with Crippen molar-refractivity contribution >= 4 is 12.2 Å². The average molecular weight is 287 g/mol. The number of nitrogens with zero attached hydrogens (tertiary/aromatic N) is 1. The lowest BCUT2D eigenvalue weighted by molar-refractivity contribution is -0.143. The zero-order valence-corrected chi connectivity index (χ0v) is 12.8. The topological polar surface area (TPSA) is 38.7 Å². The van der Waals surface area contributed by atoms with Gasteiger partial charge in [0.1, 0.15) is 0 Å². The summed E-state index contributed by atoms with van der Waals surface area (Å²) in [6.07, 6.45) is 8.48. The van der Waals surface area contributed by atoms with Crippen LogP contribution in [0.5, 0.6) is 0 Å². The zero-order valence-electron chi connectivity index (χ0n) is 12.8. The summed E-state index contributed by atoms with van der Waals surface area (Å²) in [5.74, 6) is 0.390. The van der Waals surface area contributed by atoms with Crippen molar-refractivity contribution in [3.63, 3.8) is 0 Å². The molecular weight excluding hydrogens is 262 g/mol. The van der Waals surface area contributed by atoms with Crippen LogP contribution in [0.25, 0.3) is 0 Å². The van der Waals surface area contributed by atoms with Crippen LogP contribution in [0.1, 0.15) is 51.0 Å². The van der Waals surface area contributed by atoms with E-state index in [9.17, 15) is 4.79 Å². The van der Waals surface area contributed by atoms with Crippen molar-refractivity contribution in [3.05, 3.63) is 35.9 Å². The van der Waals surface area contributed by atoms with Crippen LogP contribution in [0.2, 0.25) is 0 Å². The standard InChI is InChI=1S/C18H25NO2/c1-2-21-18(20)13-17(16-11-7-4-8-12-16)19-14-15-9-5-3-6-10-15/h3,5-6,9-10,14,16-17H,2,4,7-8,11-13H2,1H3/t17-/m1/s1. The van der Waals surface area contributed by atoms with E-state index in [1.54, 1.807) is 0 Å². The smallest absolute Gasteiger partial charge is 0.307 e. The number of rotatable bonds is 6. The van der Waals surface area contributed by atoms with Crippen LogP contribution < -0.4 is 0 Å². The van der Waals surface area contributed by atoms with E-state index < -0.39 is 0 Å². The number of hydrogen-bond acceptors (Lipinski definition) is 3.